The molecule has 1 spiro atoms. The number of carbonyl (C=O) groups is 3. The number of benzene rings is 2. The zero-order valence-corrected chi connectivity index (χ0v) is 16.2. The lowest BCUT2D eigenvalue weighted by Crippen LogP contribution is -2.53. The lowest BCUT2D eigenvalue weighted by Gasteiger charge is -2.30. The third-order valence-electron chi connectivity index (χ3n) is 6.42. The molecule has 9 heteroatoms. The van der Waals surface area contributed by atoms with Crippen LogP contribution in [0.4, 0.5) is 17.1 Å². The van der Waals surface area contributed by atoms with Crippen molar-refractivity contribution in [3.8, 4) is 0 Å². The average Bonchev–Trinajstić information content (AvgIpc) is 3.27. The maximum absolute atomic E-state index is 13.6. The van der Waals surface area contributed by atoms with Crippen molar-refractivity contribution >= 4 is 34.8 Å². The number of fused-ring (bicyclic) bond motifs is 4. The third-order valence-corrected chi connectivity index (χ3v) is 6.42. The summed E-state index contributed by atoms with van der Waals surface area (Å²) >= 11 is 0. The fourth-order valence-corrected chi connectivity index (χ4v) is 5.12. The van der Waals surface area contributed by atoms with Gasteiger partial charge >= 0.3 is 0 Å². The molecule has 2 aromatic carbocycles. The van der Waals surface area contributed by atoms with Crippen molar-refractivity contribution in [3.63, 3.8) is 0 Å². The molecular weight excluding hydrogens is 388 g/mol. The maximum atomic E-state index is 13.6. The van der Waals surface area contributed by atoms with Gasteiger partial charge in [0.25, 0.3) is 0 Å². The number of aryl methyl sites for hydroxylation is 1. The van der Waals surface area contributed by atoms with E-state index >= 15 is 0 Å². The maximum Gasteiger partial charge on any atom is 0.250 e. The van der Waals surface area contributed by atoms with Crippen molar-refractivity contribution < 1.29 is 19.6 Å². The van der Waals surface area contributed by atoms with E-state index in [9.17, 15) is 24.8 Å². The average molecular weight is 407 g/mol. The number of imide groups is 1. The lowest BCUT2D eigenvalue weighted by molar-refractivity contribution is -0.130. The van der Waals surface area contributed by atoms with Crippen molar-refractivity contribution in [2.24, 2.45) is 11.8 Å². The molecule has 3 heterocycles. The summed E-state index contributed by atoms with van der Waals surface area (Å²) in [5.41, 5.74) is 0.632. The second kappa shape index (κ2) is 6.11. The zero-order valence-electron chi connectivity index (χ0n) is 16.2. The van der Waals surface area contributed by atoms with Gasteiger partial charge in [-0.2, -0.15) is 0 Å². The van der Waals surface area contributed by atoms with Gasteiger partial charge in [-0.1, -0.05) is 24.3 Å². The quantitative estimate of drug-likeness (QED) is 0.510. The normalized spacial score (nSPS) is 29.4. The number of carbonyl (C=O) groups excluding carboxylic acids is 3. The highest BCUT2D eigenvalue weighted by atomic mass is 16.8. The second-order valence-electron chi connectivity index (χ2n) is 8.00. The Kier molecular flexibility index (Phi) is 3.82. The Hall–Kier alpha value is -3.27. The number of hydrogen-bond donors (Lipinski definition) is 3. The molecule has 3 N–H and O–H groups in total. The van der Waals surface area contributed by atoms with Crippen molar-refractivity contribution in [1.29, 1.82) is 0 Å². The van der Waals surface area contributed by atoms with Gasteiger partial charge in [-0.3, -0.25) is 24.9 Å². The minimum Gasteiger partial charge on any atom is -0.733 e. The summed E-state index contributed by atoms with van der Waals surface area (Å²) < 4.78 is 0. The predicted molar refractivity (Wildman–Crippen MR) is 108 cm³/mol. The van der Waals surface area contributed by atoms with Crippen molar-refractivity contribution in [2.45, 2.75) is 25.4 Å². The Morgan fingerprint density at radius 2 is 1.87 bits per heavy atom. The molecule has 4 atom stereocenters. The zero-order chi connectivity index (χ0) is 21.4. The molecule has 0 aromatic heterocycles. The molecule has 0 aliphatic carbocycles. The largest absolute Gasteiger partial charge is 0.733 e. The van der Waals surface area contributed by atoms with Gasteiger partial charge in [0.2, 0.25) is 17.7 Å². The van der Waals surface area contributed by atoms with E-state index in [0.29, 0.717) is 16.8 Å². The van der Waals surface area contributed by atoms with Crippen LogP contribution in [-0.4, -0.2) is 29.0 Å². The number of anilines is 3. The van der Waals surface area contributed by atoms with Crippen LogP contribution in [0.1, 0.15) is 18.1 Å². The fraction of sp³-hybridized carbons (Fsp3) is 0.286. The highest BCUT2D eigenvalue weighted by molar-refractivity contribution is 6.26. The van der Waals surface area contributed by atoms with Crippen LogP contribution >= 0.6 is 0 Å². The van der Waals surface area contributed by atoms with Crippen LogP contribution in [0.25, 0.3) is 0 Å². The molecule has 30 heavy (non-hydrogen) atoms. The molecule has 5 rings (SSSR count). The minimum atomic E-state index is -1.34. The third kappa shape index (κ3) is 2.19. The molecule has 154 valence electrons. The van der Waals surface area contributed by atoms with Crippen LogP contribution in [0.2, 0.25) is 0 Å². The van der Waals surface area contributed by atoms with Crippen LogP contribution in [0, 0.1) is 24.0 Å². The Bertz CT molecular complexity index is 1120. The van der Waals surface area contributed by atoms with E-state index in [-0.39, 0.29) is 22.5 Å². The van der Waals surface area contributed by atoms with Crippen molar-refractivity contribution in [3.05, 3.63) is 58.8 Å². The fourth-order valence-electron chi connectivity index (χ4n) is 5.12. The van der Waals surface area contributed by atoms with Gasteiger partial charge in [0.05, 0.1) is 23.2 Å². The lowest BCUT2D eigenvalue weighted by atomic mass is 9.76. The molecule has 3 aliphatic rings. The predicted octanol–water partition coefficient (Wildman–Crippen LogP) is 1.63. The summed E-state index contributed by atoms with van der Waals surface area (Å²) in [5.74, 6) is -2.98. The summed E-state index contributed by atoms with van der Waals surface area (Å²) in [5, 5.41) is 26.3. The Morgan fingerprint density at radius 1 is 1.13 bits per heavy atom. The van der Waals surface area contributed by atoms with E-state index < -0.39 is 35.2 Å². The molecule has 0 radical (unpaired) electrons. The van der Waals surface area contributed by atoms with E-state index in [2.05, 4.69) is 10.6 Å². The summed E-state index contributed by atoms with van der Waals surface area (Å²) in [7, 11) is 0. The van der Waals surface area contributed by atoms with Gasteiger partial charge in [-0.05, 0) is 37.6 Å². The monoisotopic (exact) mass is 407 g/mol. The first kappa shape index (κ1) is 18.7. The highest BCUT2D eigenvalue weighted by Crippen LogP contribution is 2.53. The van der Waals surface area contributed by atoms with Crippen LogP contribution in [0.5, 0.6) is 0 Å². The number of hydrogen-bond acceptors (Lipinski definition) is 7. The van der Waals surface area contributed by atoms with E-state index in [1.807, 2.05) is 0 Å². The van der Waals surface area contributed by atoms with Crippen LogP contribution in [0.15, 0.2) is 42.5 Å². The number of rotatable bonds is 2. The Morgan fingerprint density at radius 3 is 2.60 bits per heavy atom. The van der Waals surface area contributed by atoms with Crippen LogP contribution in [0.3, 0.4) is 0 Å². The summed E-state index contributed by atoms with van der Waals surface area (Å²) in [6.07, 6.45) is 0. The molecule has 0 bridgehead atoms. The standard InChI is InChI=1S/C21H19N4O5/c1-10-7-8-12(25(29)30)9-15(10)24-18(26)16-11(2)23-21(17(16)19(24)27)13-5-3-4-6-14(13)22-20(21)28/h3-9,11,16-17,23,29H,1-2H3,(H,22,28)/q-1/t11-,16-,17-,21+/m0/s1. The SMILES string of the molecule is Cc1ccc(N([O-])O)cc1N1C(=O)[C@H]2[C@H](C)N[C@@]3(C(=O)Nc4ccccc43)[C@@H]2C1=O. The second-order valence-corrected chi connectivity index (χ2v) is 8.00. The summed E-state index contributed by atoms with van der Waals surface area (Å²) in [4.78, 5) is 41.2. The first-order valence-electron chi connectivity index (χ1n) is 9.60. The van der Waals surface area contributed by atoms with Crippen molar-refractivity contribution in [1.82, 2.24) is 5.32 Å². The van der Waals surface area contributed by atoms with E-state index in [0.717, 1.165) is 4.90 Å². The van der Waals surface area contributed by atoms with Gasteiger partial charge in [0, 0.05) is 17.3 Å². The topological polar surface area (TPSA) is 125 Å². The van der Waals surface area contributed by atoms with Gasteiger partial charge in [-0.15, -0.1) is 0 Å². The molecule has 2 aromatic rings. The van der Waals surface area contributed by atoms with E-state index in [4.69, 9.17) is 0 Å². The molecule has 0 saturated carbocycles. The first-order valence-corrected chi connectivity index (χ1v) is 9.60. The summed E-state index contributed by atoms with van der Waals surface area (Å²) in [6, 6.07) is 10.9. The molecule has 3 amide bonds. The van der Waals surface area contributed by atoms with Gasteiger partial charge in [-0.25, -0.2) is 4.90 Å². The van der Waals surface area contributed by atoms with E-state index in [1.54, 1.807) is 44.2 Å². The molecular formula is C21H19N4O5-. The molecule has 0 unspecified atom stereocenters. The molecule has 2 fully saturated rings. The number of para-hydroxylation sites is 1. The highest BCUT2D eigenvalue weighted by Gasteiger charge is 2.69. The molecule has 9 nitrogen and oxygen atoms in total. The minimum absolute atomic E-state index is 0.0990. The van der Waals surface area contributed by atoms with E-state index in [1.165, 1.54) is 12.1 Å². The summed E-state index contributed by atoms with van der Waals surface area (Å²) in [6.45, 7) is 3.49. The van der Waals surface area contributed by atoms with Gasteiger partial charge in [0.1, 0.15) is 5.54 Å². The van der Waals surface area contributed by atoms with Gasteiger partial charge < -0.3 is 15.8 Å². The number of amides is 3. The first-order chi connectivity index (χ1) is 14.3. The number of nitrogens with one attached hydrogen (secondary N) is 2. The Labute approximate surface area is 171 Å². The van der Waals surface area contributed by atoms with Crippen LogP contribution < -0.4 is 20.8 Å². The van der Waals surface area contributed by atoms with Crippen molar-refractivity contribution in [2.75, 3.05) is 15.4 Å². The van der Waals surface area contributed by atoms with Crippen LogP contribution in [-0.2, 0) is 19.9 Å². The molecule has 3 aliphatic heterocycles. The molecule has 2 saturated heterocycles. The van der Waals surface area contributed by atoms with Gasteiger partial charge in [0.15, 0.2) is 0 Å². The smallest absolute Gasteiger partial charge is 0.250 e. The Balaban J connectivity index is 1.66. The number of nitrogens with zero attached hydrogens (tertiary/aromatic N) is 2.